The van der Waals surface area contributed by atoms with Crippen molar-refractivity contribution >= 4 is 34.6 Å². The molecule has 4 rings (SSSR count). The molecule has 2 aromatic heterocycles. The van der Waals surface area contributed by atoms with Gasteiger partial charge in [-0.1, -0.05) is 42.5 Å². The van der Waals surface area contributed by atoms with E-state index in [2.05, 4.69) is 0 Å². The quantitative estimate of drug-likeness (QED) is 0.284. The van der Waals surface area contributed by atoms with Crippen molar-refractivity contribution in [1.29, 1.82) is 0 Å². The van der Waals surface area contributed by atoms with Crippen molar-refractivity contribution in [2.45, 2.75) is 27.3 Å². The number of imidazole rings is 1. The van der Waals surface area contributed by atoms with E-state index in [1.54, 1.807) is 25.2 Å². The number of hydrogen-bond donors (Lipinski definition) is 0. The summed E-state index contributed by atoms with van der Waals surface area (Å²) in [4.78, 5) is 39.6. The molecule has 0 N–H and O–H groups in total. The molecule has 34 heavy (non-hydrogen) atoms. The summed E-state index contributed by atoms with van der Waals surface area (Å²) in [5, 5.41) is 0. The van der Waals surface area contributed by atoms with Crippen LogP contribution in [0.2, 0.25) is 0 Å². The summed E-state index contributed by atoms with van der Waals surface area (Å²) in [7, 11) is 0. The lowest BCUT2D eigenvalue weighted by Gasteiger charge is -2.10. The third-order valence-electron chi connectivity index (χ3n) is 5.43. The zero-order valence-electron chi connectivity index (χ0n) is 19.4. The van der Waals surface area contributed by atoms with Gasteiger partial charge in [0, 0.05) is 6.54 Å². The van der Waals surface area contributed by atoms with E-state index in [9.17, 15) is 14.4 Å². The monoisotopic (exact) mass is 462 g/mol. The van der Waals surface area contributed by atoms with Gasteiger partial charge in [0.25, 0.3) is 0 Å². The lowest BCUT2D eigenvalue weighted by Crippen LogP contribution is -2.18. The van der Waals surface area contributed by atoms with Crippen molar-refractivity contribution in [3.63, 3.8) is 0 Å². The number of carbonyl (C=O) groups excluding carboxylic acids is 3. The van der Waals surface area contributed by atoms with Crippen LogP contribution in [0.1, 0.15) is 57.5 Å². The van der Waals surface area contributed by atoms with Gasteiger partial charge in [-0.3, -0.25) is 4.40 Å². The number of esters is 3. The molecule has 0 bridgehead atoms. The Kier molecular flexibility index (Phi) is 6.67. The lowest BCUT2D eigenvalue weighted by atomic mass is 10.1. The van der Waals surface area contributed by atoms with Crippen LogP contribution in [0.5, 0.6) is 0 Å². The van der Waals surface area contributed by atoms with E-state index in [0.29, 0.717) is 17.7 Å². The van der Waals surface area contributed by atoms with Gasteiger partial charge < -0.3 is 18.8 Å². The molecule has 0 saturated heterocycles. The van der Waals surface area contributed by atoms with E-state index in [1.165, 1.54) is 0 Å². The van der Waals surface area contributed by atoms with Crippen molar-refractivity contribution in [3.05, 3.63) is 77.0 Å². The number of ether oxygens (including phenoxy) is 3. The Balaban J connectivity index is 2.17. The van der Waals surface area contributed by atoms with Crippen LogP contribution in [0, 0.1) is 0 Å². The predicted molar refractivity (Wildman–Crippen MR) is 126 cm³/mol. The van der Waals surface area contributed by atoms with Gasteiger partial charge in [0.05, 0.1) is 30.9 Å². The van der Waals surface area contributed by atoms with Crippen molar-refractivity contribution in [2.24, 2.45) is 0 Å². The Morgan fingerprint density at radius 1 is 0.676 bits per heavy atom. The van der Waals surface area contributed by atoms with Gasteiger partial charge in [-0.25, -0.2) is 14.4 Å². The van der Waals surface area contributed by atoms with Crippen LogP contribution in [-0.2, 0) is 20.8 Å². The lowest BCUT2D eigenvalue weighted by molar-refractivity contribution is 0.0459. The average molecular weight is 463 g/mol. The number of fused-ring (bicyclic) bond motifs is 3. The average Bonchev–Trinajstić information content (AvgIpc) is 3.34. The molecule has 0 amide bonds. The smallest absolute Gasteiger partial charge is 0.356 e. The highest BCUT2D eigenvalue weighted by molar-refractivity contribution is 6.15. The summed E-state index contributed by atoms with van der Waals surface area (Å²) in [6, 6.07) is 17.2. The fraction of sp³-hybridized carbons (Fsp3) is 0.269. The first-order valence-corrected chi connectivity index (χ1v) is 11.2. The predicted octanol–water partition coefficient (Wildman–Crippen LogP) is 4.47. The second-order valence-electron chi connectivity index (χ2n) is 7.48. The fourth-order valence-corrected chi connectivity index (χ4v) is 4.16. The number of para-hydroxylation sites is 2. The van der Waals surface area contributed by atoms with Crippen LogP contribution in [0.25, 0.3) is 16.7 Å². The fourth-order valence-electron chi connectivity index (χ4n) is 4.16. The van der Waals surface area contributed by atoms with Crippen molar-refractivity contribution in [1.82, 2.24) is 8.97 Å². The van der Waals surface area contributed by atoms with Gasteiger partial charge in [0.1, 0.15) is 22.5 Å². The molecule has 0 fully saturated rings. The molecular weight excluding hydrogens is 436 g/mol. The normalized spacial score (nSPS) is 11.0. The van der Waals surface area contributed by atoms with Crippen LogP contribution in [0.15, 0.2) is 54.6 Å². The second kappa shape index (κ2) is 9.82. The van der Waals surface area contributed by atoms with Crippen LogP contribution in [0.3, 0.4) is 0 Å². The minimum atomic E-state index is -0.785. The molecule has 0 aliphatic heterocycles. The minimum Gasteiger partial charge on any atom is -0.462 e. The molecule has 8 heteroatoms. The standard InChI is InChI=1S/C26H26N2O6/c1-4-32-24(29)20-21(25(30)33-5-2)23-27(16-17-12-8-7-9-13-17)18-14-10-11-15-19(18)28(23)22(20)26(31)34-6-3/h7-15H,4-6,16H2,1-3H3. The van der Waals surface area contributed by atoms with Crippen LogP contribution in [-0.4, -0.2) is 46.7 Å². The van der Waals surface area contributed by atoms with E-state index in [-0.39, 0.29) is 36.6 Å². The molecule has 4 aromatic rings. The number of aromatic nitrogens is 2. The zero-order valence-corrected chi connectivity index (χ0v) is 19.4. The van der Waals surface area contributed by atoms with Crippen molar-refractivity contribution in [3.8, 4) is 0 Å². The summed E-state index contributed by atoms with van der Waals surface area (Å²) in [6.07, 6.45) is 0. The minimum absolute atomic E-state index is 0.0181. The molecule has 0 radical (unpaired) electrons. The SMILES string of the molecule is CCOC(=O)c1c(C(=O)OCC)c2n(Cc3ccccc3)c3ccccc3n2c1C(=O)OCC. The molecule has 176 valence electrons. The number of nitrogens with zero attached hydrogens (tertiary/aromatic N) is 2. The maximum atomic E-state index is 13.3. The summed E-state index contributed by atoms with van der Waals surface area (Å²) in [5.74, 6) is -2.22. The zero-order chi connectivity index (χ0) is 24.2. The molecule has 0 aliphatic rings. The Bertz CT molecular complexity index is 1370. The largest absolute Gasteiger partial charge is 0.462 e. The third kappa shape index (κ3) is 3.91. The Hall–Kier alpha value is -4.07. The van der Waals surface area contributed by atoms with Crippen LogP contribution >= 0.6 is 0 Å². The highest BCUT2D eigenvalue weighted by Crippen LogP contribution is 2.33. The van der Waals surface area contributed by atoms with Gasteiger partial charge in [0.15, 0.2) is 0 Å². The van der Waals surface area contributed by atoms with E-state index in [0.717, 1.165) is 11.1 Å². The molecule has 0 atom stereocenters. The highest BCUT2D eigenvalue weighted by Gasteiger charge is 2.37. The molecule has 0 aliphatic carbocycles. The van der Waals surface area contributed by atoms with E-state index in [4.69, 9.17) is 14.2 Å². The van der Waals surface area contributed by atoms with E-state index in [1.807, 2.05) is 59.2 Å². The first-order valence-electron chi connectivity index (χ1n) is 11.2. The van der Waals surface area contributed by atoms with Crippen LogP contribution in [0.4, 0.5) is 0 Å². The summed E-state index contributed by atoms with van der Waals surface area (Å²) >= 11 is 0. The first kappa shape index (κ1) is 23.1. The van der Waals surface area contributed by atoms with E-state index >= 15 is 0 Å². The second-order valence-corrected chi connectivity index (χ2v) is 7.48. The Morgan fingerprint density at radius 3 is 1.82 bits per heavy atom. The first-order chi connectivity index (χ1) is 16.5. The molecule has 0 spiro atoms. The van der Waals surface area contributed by atoms with Gasteiger partial charge in [-0.05, 0) is 38.5 Å². The van der Waals surface area contributed by atoms with Gasteiger partial charge in [-0.15, -0.1) is 0 Å². The van der Waals surface area contributed by atoms with Crippen LogP contribution < -0.4 is 0 Å². The third-order valence-corrected chi connectivity index (χ3v) is 5.43. The molecule has 0 saturated carbocycles. The molecule has 2 aromatic carbocycles. The Labute approximate surface area is 196 Å². The summed E-state index contributed by atoms with van der Waals surface area (Å²) < 4.78 is 19.4. The van der Waals surface area contributed by atoms with Gasteiger partial charge >= 0.3 is 17.9 Å². The number of rotatable bonds is 8. The maximum Gasteiger partial charge on any atom is 0.356 e. The molecule has 0 unspecified atom stereocenters. The van der Waals surface area contributed by atoms with Gasteiger partial charge in [-0.2, -0.15) is 0 Å². The maximum absolute atomic E-state index is 13.3. The molecular formula is C26H26N2O6. The van der Waals surface area contributed by atoms with Crippen molar-refractivity contribution < 1.29 is 28.6 Å². The number of benzene rings is 2. The number of carbonyl (C=O) groups is 3. The van der Waals surface area contributed by atoms with E-state index < -0.39 is 17.9 Å². The number of hydrogen-bond acceptors (Lipinski definition) is 6. The summed E-state index contributed by atoms with van der Waals surface area (Å²) in [5.41, 5.74) is 2.57. The Morgan fingerprint density at radius 2 is 1.21 bits per heavy atom. The summed E-state index contributed by atoms with van der Waals surface area (Å²) in [6.45, 7) is 5.70. The highest BCUT2D eigenvalue weighted by atomic mass is 16.5. The molecule has 2 heterocycles. The van der Waals surface area contributed by atoms with Crippen molar-refractivity contribution in [2.75, 3.05) is 19.8 Å². The molecule has 8 nitrogen and oxygen atoms in total. The van der Waals surface area contributed by atoms with Gasteiger partial charge in [0.2, 0.25) is 0 Å². The topological polar surface area (TPSA) is 88.2 Å².